The Morgan fingerprint density at radius 3 is 2.44 bits per heavy atom. The Morgan fingerprint density at radius 1 is 1.04 bits per heavy atom. The first-order chi connectivity index (χ1) is 12.0. The van der Waals surface area contributed by atoms with Gasteiger partial charge in [-0.1, -0.05) is 30.3 Å². The SMILES string of the molecule is O=[N+]([O-])c1ccc(N=Cc2ccc3ccccc3c2OB(F)F)cc1. The zero-order valence-electron chi connectivity index (χ0n) is 12.8. The van der Waals surface area contributed by atoms with Crippen LogP contribution in [0.1, 0.15) is 5.56 Å². The highest BCUT2D eigenvalue weighted by atomic mass is 19.2. The number of non-ortho nitro benzene ring substituents is 1. The molecule has 0 atom stereocenters. The number of hydrogen-bond acceptors (Lipinski definition) is 4. The average molecular weight is 340 g/mol. The van der Waals surface area contributed by atoms with Crippen LogP contribution in [0.4, 0.5) is 20.0 Å². The van der Waals surface area contributed by atoms with Crippen LogP contribution in [0.3, 0.4) is 0 Å². The van der Waals surface area contributed by atoms with Crippen LogP contribution < -0.4 is 4.65 Å². The molecule has 0 spiro atoms. The standard InChI is InChI=1S/C17H11BF2N2O3/c19-18(20)25-17-13(6-5-12-3-1-2-4-16(12)17)11-21-14-7-9-15(10-8-14)22(23)24/h1-11H. The molecule has 3 rings (SSSR count). The molecule has 0 saturated carbocycles. The lowest BCUT2D eigenvalue weighted by Gasteiger charge is -2.10. The van der Waals surface area contributed by atoms with E-state index in [1.807, 2.05) is 0 Å². The van der Waals surface area contributed by atoms with Crippen LogP contribution >= 0.6 is 0 Å². The van der Waals surface area contributed by atoms with E-state index >= 15 is 0 Å². The second-order valence-corrected chi connectivity index (χ2v) is 5.12. The van der Waals surface area contributed by atoms with Gasteiger partial charge < -0.3 is 4.65 Å². The molecule has 3 aromatic carbocycles. The van der Waals surface area contributed by atoms with Gasteiger partial charge in [-0.3, -0.25) is 15.1 Å². The van der Waals surface area contributed by atoms with Crippen LogP contribution in [-0.4, -0.2) is 18.6 Å². The number of halogens is 2. The van der Waals surface area contributed by atoms with Gasteiger partial charge in [-0.05, 0) is 23.6 Å². The van der Waals surface area contributed by atoms with Crippen molar-refractivity contribution in [2.24, 2.45) is 4.99 Å². The van der Waals surface area contributed by atoms with E-state index < -0.39 is 12.4 Å². The summed E-state index contributed by atoms with van der Waals surface area (Å²) in [5.41, 5.74) is 0.797. The van der Waals surface area contributed by atoms with Crippen molar-refractivity contribution in [1.82, 2.24) is 0 Å². The van der Waals surface area contributed by atoms with Crippen LogP contribution in [0, 0.1) is 10.1 Å². The zero-order valence-corrected chi connectivity index (χ0v) is 12.8. The molecule has 0 fully saturated rings. The van der Waals surface area contributed by atoms with Crippen molar-refractivity contribution >= 4 is 35.8 Å². The maximum atomic E-state index is 12.8. The van der Waals surface area contributed by atoms with Gasteiger partial charge in [0.2, 0.25) is 0 Å². The van der Waals surface area contributed by atoms with Gasteiger partial charge in [0.05, 0.1) is 10.6 Å². The molecule has 0 aliphatic carbocycles. The minimum atomic E-state index is -2.96. The molecule has 3 aromatic rings. The van der Waals surface area contributed by atoms with Gasteiger partial charge in [0.15, 0.2) is 0 Å². The first kappa shape index (κ1) is 16.6. The van der Waals surface area contributed by atoms with Crippen molar-refractivity contribution in [1.29, 1.82) is 0 Å². The van der Waals surface area contributed by atoms with Gasteiger partial charge in [-0.15, -0.1) is 0 Å². The first-order valence-corrected chi connectivity index (χ1v) is 7.29. The van der Waals surface area contributed by atoms with E-state index in [1.165, 1.54) is 30.5 Å². The fourth-order valence-corrected chi connectivity index (χ4v) is 2.39. The van der Waals surface area contributed by atoms with Gasteiger partial charge in [-0.2, -0.15) is 0 Å². The minimum Gasteiger partial charge on any atom is -0.504 e. The van der Waals surface area contributed by atoms with E-state index in [4.69, 9.17) is 0 Å². The molecule has 0 N–H and O–H groups in total. The molecular weight excluding hydrogens is 329 g/mol. The number of benzene rings is 3. The minimum absolute atomic E-state index is 0.0405. The zero-order chi connectivity index (χ0) is 17.8. The summed E-state index contributed by atoms with van der Waals surface area (Å²) >= 11 is 0. The average Bonchev–Trinajstić information content (AvgIpc) is 2.61. The van der Waals surface area contributed by atoms with Crippen molar-refractivity contribution in [3.8, 4) is 5.75 Å². The fourth-order valence-electron chi connectivity index (χ4n) is 2.39. The van der Waals surface area contributed by atoms with E-state index in [0.29, 0.717) is 16.6 Å². The Morgan fingerprint density at radius 2 is 1.76 bits per heavy atom. The molecule has 0 heterocycles. The van der Waals surface area contributed by atoms with E-state index in [9.17, 15) is 18.7 Å². The molecule has 25 heavy (non-hydrogen) atoms. The lowest BCUT2D eigenvalue weighted by atomic mass is 10.1. The number of nitrogens with zero attached hydrogens (tertiary/aromatic N) is 2. The lowest BCUT2D eigenvalue weighted by Crippen LogP contribution is -2.10. The van der Waals surface area contributed by atoms with E-state index in [0.717, 1.165) is 5.39 Å². The summed E-state index contributed by atoms with van der Waals surface area (Å²) in [6.07, 6.45) is 1.39. The smallest absolute Gasteiger partial charge is 0.504 e. The number of hydrogen-bond donors (Lipinski definition) is 0. The Hall–Kier alpha value is -3.29. The highest BCUT2D eigenvalue weighted by Gasteiger charge is 2.21. The lowest BCUT2D eigenvalue weighted by molar-refractivity contribution is -0.384. The van der Waals surface area contributed by atoms with Crippen LogP contribution in [-0.2, 0) is 0 Å². The monoisotopic (exact) mass is 340 g/mol. The third-order valence-corrected chi connectivity index (χ3v) is 3.53. The topological polar surface area (TPSA) is 64.7 Å². The van der Waals surface area contributed by atoms with Crippen molar-refractivity contribution in [2.45, 2.75) is 0 Å². The fraction of sp³-hybridized carbons (Fsp3) is 0. The quantitative estimate of drug-likeness (QED) is 0.290. The molecule has 5 nitrogen and oxygen atoms in total. The summed E-state index contributed by atoms with van der Waals surface area (Å²) in [6.45, 7) is 0. The van der Waals surface area contributed by atoms with E-state index in [1.54, 1.807) is 36.4 Å². The molecule has 0 radical (unpaired) electrons. The van der Waals surface area contributed by atoms with Gasteiger partial charge >= 0.3 is 7.47 Å². The van der Waals surface area contributed by atoms with Crippen LogP contribution in [0.5, 0.6) is 5.75 Å². The third kappa shape index (κ3) is 3.80. The van der Waals surface area contributed by atoms with Crippen LogP contribution in [0.2, 0.25) is 0 Å². The summed E-state index contributed by atoms with van der Waals surface area (Å²) in [5, 5.41) is 12.0. The molecule has 0 aliphatic heterocycles. The molecule has 0 saturated heterocycles. The Balaban J connectivity index is 1.98. The second kappa shape index (κ2) is 7.08. The second-order valence-electron chi connectivity index (χ2n) is 5.12. The molecule has 0 amide bonds. The number of nitro groups is 1. The summed E-state index contributed by atoms with van der Waals surface area (Å²) in [4.78, 5) is 14.3. The maximum absolute atomic E-state index is 12.8. The molecule has 0 aliphatic rings. The third-order valence-electron chi connectivity index (χ3n) is 3.53. The van der Waals surface area contributed by atoms with Gasteiger partial charge in [0, 0.05) is 29.3 Å². The molecule has 124 valence electrons. The number of fused-ring (bicyclic) bond motifs is 1. The molecular formula is C17H11BF2N2O3. The van der Waals surface area contributed by atoms with Gasteiger partial charge in [0.25, 0.3) is 5.69 Å². The van der Waals surface area contributed by atoms with Gasteiger partial charge in [-0.25, -0.2) is 8.63 Å². The number of nitro benzene ring substituents is 1. The van der Waals surface area contributed by atoms with Crippen molar-refractivity contribution in [3.63, 3.8) is 0 Å². The Labute approximate surface area is 141 Å². The van der Waals surface area contributed by atoms with E-state index in [-0.39, 0.29) is 11.4 Å². The van der Waals surface area contributed by atoms with Gasteiger partial charge in [0.1, 0.15) is 5.75 Å². The normalized spacial score (nSPS) is 11.0. The first-order valence-electron chi connectivity index (χ1n) is 7.29. The maximum Gasteiger partial charge on any atom is 0.796 e. The van der Waals surface area contributed by atoms with Crippen LogP contribution in [0.25, 0.3) is 10.8 Å². The van der Waals surface area contributed by atoms with Crippen molar-refractivity contribution < 1.29 is 18.2 Å². The predicted octanol–water partition coefficient (Wildman–Crippen LogP) is 4.80. The van der Waals surface area contributed by atoms with Crippen molar-refractivity contribution in [3.05, 3.63) is 76.3 Å². The molecule has 0 unspecified atom stereocenters. The summed E-state index contributed by atoms with van der Waals surface area (Å²) in [6, 6.07) is 16.0. The Kier molecular flexibility index (Phi) is 4.69. The number of aliphatic imine (C=N–C) groups is 1. The highest BCUT2D eigenvalue weighted by molar-refractivity contribution is 6.36. The van der Waals surface area contributed by atoms with Crippen molar-refractivity contribution in [2.75, 3.05) is 0 Å². The van der Waals surface area contributed by atoms with E-state index in [2.05, 4.69) is 9.65 Å². The molecule has 0 aromatic heterocycles. The summed E-state index contributed by atoms with van der Waals surface area (Å²) < 4.78 is 30.2. The highest BCUT2D eigenvalue weighted by Crippen LogP contribution is 2.30. The summed E-state index contributed by atoms with van der Waals surface area (Å²) in [7, 11) is -2.96. The largest absolute Gasteiger partial charge is 0.796 e. The molecule has 0 bridgehead atoms. The van der Waals surface area contributed by atoms with Crippen LogP contribution in [0.15, 0.2) is 65.7 Å². The molecule has 8 heteroatoms. The predicted molar refractivity (Wildman–Crippen MR) is 92.9 cm³/mol. The summed E-state index contributed by atoms with van der Waals surface area (Å²) in [5.74, 6) is 0.0405. The number of rotatable bonds is 5. The Bertz CT molecular complexity index is 946.